The second kappa shape index (κ2) is 9.14. The zero-order valence-corrected chi connectivity index (χ0v) is 18.1. The molecule has 0 spiro atoms. The lowest BCUT2D eigenvalue weighted by atomic mass is 10.1. The Morgan fingerprint density at radius 3 is 2.31 bits per heavy atom. The van der Waals surface area contributed by atoms with Crippen LogP contribution >= 0.6 is 15.9 Å². The highest BCUT2D eigenvalue weighted by molar-refractivity contribution is 9.10. The number of hydrogen-bond acceptors (Lipinski definition) is 8. The van der Waals surface area contributed by atoms with Crippen molar-refractivity contribution >= 4 is 31.8 Å². The SMILES string of the molecule is Cc1ccc(-c2c(NS(C)(=O)=O)ncnc2OCCOc2ncc(Br)cn2)cc1. The first-order valence-corrected chi connectivity index (χ1v) is 11.1. The molecule has 0 bridgehead atoms. The molecule has 1 N–H and O–H groups in total. The van der Waals surface area contributed by atoms with Crippen LogP contribution in [0, 0.1) is 6.92 Å². The minimum Gasteiger partial charge on any atom is -0.473 e. The summed E-state index contributed by atoms with van der Waals surface area (Å²) < 4.78 is 37.8. The van der Waals surface area contributed by atoms with Crippen LogP contribution in [-0.4, -0.2) is 47.8 Å². The number of rotatable bonds is 8. The zero-order chi connectivity index (χ0) is 20.9. The zero-order valence-electron chi connectivity index (χ0n) is 15.7. The normalized spacial score (nSPS) is 11.1. The van der Waals surface area contributed by atoms with E-state index in [2.05, 4.69) is 40.6 Å². The van der Waals surface area contributed by atoms with Crippen LogP contribution in [0.25, 0.3) is 11.1 Å². The van der Waals surface area contributed by atoms with Gasteiger partial charge in [0.05, 0.1) is 16.3 Å². The number of hydrogen-bond donors (Lipinski definition) is 1. The van der Waals surface area contributed by atoms with Crippen LogP contribution in [0.2, 0.25) is 0 Å². The van der Waals surface area contributed by atoms with Crippen LogP contribution in [0.3, 0.4) is 0 Å². The van der Waals surface area contributed by atoms with E-state index in [0.29, 0.717) is 5.56 Å². The molecule has 0 aliphatic carbocycles. The fourth-order valence-corrected chi connectivity index (χ4v) is 3.07. The van der Waals surface area contributed by atoms with Gasteiger partial charge in [0.1, 0.15) is 19.5 Å². The highest BCUT2D eigenvalue weighted by Crippen LogP contribution is 2.34. The Kier molecular flexibility index (Phi) is 6.60. The summed E-state index contributed by atoms with van der Waals surface area (Å²) >= 11 is 3.25. The molecule has 0 aliphatic heterocycles. The molecule has 0 saturated heterocycles. The van der Waals surface area contributed by atoms with Gasteiger partial charge in [-0.3, -0.25) is 4.72 Å². The Bertz CT molecular complexity index is 1080. The molecular weight excluding hydrogens is 462 g/mol. The maximum atomic E-state index is 11.7. The summed E-state index contributed by atoms with van der Waals surface area (Å²) in [4.78, 5) is 16.3. The number of nitrogens with zero attached hydrogens (tertiary/aromatic N) is 4. The van der Waals surface area contributed by atoms with Crippen molar-refractivity contribution in [2.45, 2.75) is 6.92 Å². The minimum atomic E-state index is -3.54. The summed E-state index contributed by atoms with van der Waals surface area (Å²) in [6, 6.07) is 7.73. The molecule has 1 aromatic carbocycles. The van der Waals surface area contributed by atoms with Gasteiger partial charge in [0.25, 0.3) is 0 Å². The maximum absolute atomic E-state index is 11.7. The van der Waals surface area contributed by atoms with Crippen molar-refractivity contribution in [2.75, 3.05) is 24.2 Å². The van der Waals surface area contributed by atoms with E-state index < -0.39 is 10.0 Å². The van der Waals surface area contributed by atoms with Crippen molar-refractivity contribution in [3.8, 4) is 23.0 Å². The molecule has 3 aromatic rings. The number of sulfonamides is 1. The van der Waals surface area contributed by atoms with Crippen molar-refractivity contribution in [3.05, 3.63) is 53.0 Å². The number of aromatic nitrogens is 4. The number of anilines is 1. The average molecular weight is 480 g/mol. The van der Waals surface area contributed by atoms with E-state index in [0.717, 1.165) is 21.9 Å². The highest BCUT2D eigenvalue weighted by atomic mass is 79.9. The molecule has 29 heavy (non-hydrogen) atoms. The number of benzene rings is 1. The number of aryl methyl sites for hydroxylation is 1. The summed E-state index contributed by atoms with van der Waals surface area (Å²) in [6.07, 6.45) is 5.44. The summed E-state index contributed by atoms with van der Waals surface area (Å²) in [6.45, 7) is 2.28. The lowest BCUT2D eigenvalue weighted by molar-refractivity contribution is 0.202. The lowest BCUT2D eigenvalue weighted by Gasteiger charge is -2.14. The molecule has 152 valence electrons. The number of halogens is 1. The quantitative estimate of drug-likeness (QED) is 0.490. The van der Waals surface area contributed by atoms with E-state index >= 15 is 0 Å². The Balaban J connectivity index is 1.80. The molecule has 0 fully saturated rings. The molecule has 2 aromatic heterocycles. The third-order valence-corrected chi connectivity index (χ3v) is 4.56. The van der Waals surface area contributed by atoms with Gasteiger partial charge in [-0.05, 0) is 28.4 Å². The second-order valence-corrected chi connectivity index (χ2v) is 8.69. The molecule has 0 saturated carbocycles. The first-order valence-electron chi connectivity index (χ1n) is 8.45. The number of ether oxygens (including phenoxy) is 2. The summed E-state index contributed by atoms with van der Waals surface area (Å²) in [7, 11) is -3.54. The van der Waals surface area contributed by atoms with Crippen molar-refractivity contribution in [1.82, 2.24) is 19.9 Å². The molecule has 0 atom stereocenters. The standard InChI is InChI=1S/C18H18BrN5O4S/c1-12-3-5-13(6-4-12)15-16(24-29(2,25)26)22-11-23-17(15)27-7-8-28-18-20-9-14(19)10-21-18/h3-6,9-11H,7-8H2,1-2H3,(H,22,23,24). The summed E-state index contributed by atoms with van der Waals surface area (Å²) in [5, 5.41) is 0. The third-order valence-electron chi connectivity index (χ3n) is 3.58. The number of nitrogens with one attached hydrogen (secondary N) is 1. The third kappa shape index (κ3) is 6.09. The summed E-state index contributed by atoms with van der Waals surface area (Å²) in [5.74, 6) is 0.369. The van der Waals surface area contributed by atoms with E-state index in [9.17, 15) is 8.42 Å². The Morgan fingerprint density at radius 2 is 1.66 bits per heavy atom. The summed E-state index contributed by atoms with van der Waals surface area (Å²) in [5.41, 5.74) is 2.22. The van der Waals surface area contributed by atoms with Crippen molar-refractivity contribution < 1.29 is 17.9 Å². The highest BCUT2D eigenvalue weighted by Gasteiger charge is 2.18. The molecule has 2 heterocycles. The van der Waals surface area contributed by atoms with Crippen LogP contribution in [-0.2, 0) is 10.0 Å². The van der Waals surface area contributed by atoms with E-state index in [-0.39, 0.29) is 30.9 Å². The van der Waals surface area contributed by atoms with Gasteiger partial charge in [0, 0.05) is 12.4 Å². The van der Waals surface area contributed by atoms with Gasteiger partial charge < -0.3 is 9.47 Å². The first-order chi connectivity index (χ1) is 13.8. The van der Waals surface area contributed by atoms with Gasteiger partial charge in [-0.15, -0.1) is 0 Å². The molecule has 0 unspecified atom stereocenters. The van der Waals surface area contributed by atoms with Gasteiger partial charge in [-0.1, -0.05) is 29.8 Å². The van der Waals surface area contributed by atoms with Gasteiger partial charge in [-0.25, -0.2) is 28.4 Å². The topological polar surface area (TPSA) is 116 Å². The van der Waals surface area contributed by atoms with Crippen LogP contribution in [0.5, 0.6) is 11.9 Å². The Morgan fingerprint density at radius 1 is 1.00 bits per heavy atom. The van der Waals surface area contributed by atoms with E-state index in [1.54, 1.807) is 12.4 Å². The van der Waals surface area contributed by atoms with Crippen molar-refractivity contribution in [1.29, 1.82) is 0 Å². The maximum Gasteiger partial charge on any atom is 0.316 e. The van der Waals surface area contributed by atoms with E-state index in [4.69, 9.17) is 9.47 Å². The lowest BCUT2D eigenvalue weighted by Crippen LogP contribution is -2.15. The Labute approximate surface area is 176 Å². The fraction of sp³-hybridized carbons (Fsp3) is 0.222. The second-order valence-electron chi connectivity index (χ2n) is 6.02. The molecule has 9 nitrogen and oxygen atoms in total. The monoisotopic (exact) mass is 479 g/mol. The Hall–Kier alpha value is -2.79. The first kappa shape index (κ1) is 20.9. The van der Waals surface area contributed by atoms with Crippen molar-refractivity contribution in [2.24, 2.45) is 0 Å². The van der Waals surface area contributed by atoms with Crippen molar-refractivity contribution in [3.63, 3.8) is 0 Å². The molecule has 11 heteroatoms. The smallest absolute Gasteiger partial charge is 0.316 e. The molecule has 0 radical (unpaired) electrons. The van der Waals surface area contributed by atoms with Gasteiger partial charge >= 0.3 is 6.01 Å². The van der Waals surface area contributed by atoms with Crippen LogP contribution in [0.4, 0.5) is 5.82 Å². The van der Waals surface area contributed by atoms with Gasteiger partial charge in [0.15, 0.2) is 5.82 Å². The van der Waals surface area contributed by atoms with E-state index in [1.807, 2.05) is 31.2 Å². The predicted molar refractivity (Wildman–Crippen MR) is 111 cm³/mol. The van der Waals surface area contributed by atoms with Crippen LogP contribution < -0.4 is 14.2 Å². The molecule has 0 amide bonds. The van der Waals surface area contributed by atoms with Gasteiger partial charge in [0.2, 0.25) is 15.9 Å². The molecule has 3 rings (SSSR count). The largest absolute Gasteiger partial charge is 0.473 e. The minimum absolute atomic E-state index is 0.138. The molecular formula is C18H18BrN5O4S. The van der Waals surface area contributed by atoms with Crippen LogP contribution in [0.1, 0.15) is 5.56 Å². The fourth-order valence-electron chi connectivity index (χ4n) is 2.36. The van der Waals surface area contributed by atoms with E-state index in [1.165, 1.54) is 6.33 Å². The average Bonchev–Trinajstić information content (AvgIpc) is 2.66. The molecule has 0 aliphatic rings. The van der Waals surface area contributed by atoms with Crippen LogP contribution in [0.15, 0.2) is 47.5 Å². The predicted octanol–water partition coefficient (Wildman–Crippen LogP) is 2.83. The van der Waals surface area contributed by atoms with Gasteiger partial charge in [-0.2, -0.15) is 0 Å².